The molecule has 0 aliphatic heterocycles. The molecule has 1 atom stereocenters. The molecule has 36 heavy (non-hydrogen) atoms. The summed E-state index contributed by atoms with van der Waals surface area (Å²) in [5, 5.41) is 14.0. The molecule has 0 radical (unpaired) electrons. The summed E-state index contributed by atoms with van der Waals surface area (Å²) >= 11 is 0. The first-order valence-electron chi connectivity index (χ1n) is 12.2. The molecule has 1 amide bonds. The van der Waals surface area contributed by atoms with Crippen LogP contribution in [-0.2, 0) is 6.42 Å². The van der Waals surface area contributed by atoms with Crippen molar-refractivity contribution in [3.05, 3.63) is 83.8 Å². The van der Waals surface area contributed by atoms with Crippen molar-refractivity contribution in [1.29, 1.82) is 0 Å². The average molecular weight is 493 g/mol. The van der Waals surface area contributed by atoms with Gasteiger partial charge in [-0.1, -0.05) is 31.2 Å². The lowest BCUT2D eigenvalue weighted by Crippen LogP contribution is -2.39. The van der Waals surface area contributed by atoms with Crippen molar-refractivity contribution in [1.82, 2.24) is 10.3 Å². The molecule has 0 unspecified atom stereocenters. The maximum absolute atomic E-state index is 14.7. The summed E-state index contributed by atoms with van der Waals surface area (Å²) in [5.74, 6) is 0.136. The monoisotopic (exact) mass is 492 g/mol. The van der Waals surface area contributed by atoms with E-state index in [0.29, 0.717) is 42.3 Å². The molecule has 3 aromatic carbocycles. The van der Waals surface area contributed by atoms with Gasteiger partial charge in [0.15, 0.2) is 0 Å². The minimum Gasteiger partial charge on any atom is -0.494 e. The number of para-hydroxylation sites is 1. The number of halogens is 1. The van der Waals surface area contributed by atoms with E-state index in [0.717, 1.165) is 22.9 Å². The molecular weight excluding hydrogens is 459 g/mol. The third kappa shape index (κ3) is 5.69. The number of aromatic amines is 1. The van der Waals surface area contributed by atoms with Crippen LogP contribution in [0, 0.1) is 5.82 Å². The van der Waals surface area contributed by atoms with Crippen LogP contribution in [0.4, 0.5) is 4.39 Å². The molecule has 4 rings (SSSR count). The van der Waals surface area contributed by atoms with Gasteiger partial charge in [0.2, 0.25) is 0 Å². The van der Waals surface area contributed by atoms with Crippen LogP contribution in [0.3, 0.4) is 0 Å². The zero-order chi connectivity index (χ0) is 25.5. The van der Waals surface area contributed by atoms with Gasteiger partial charge in [-0.15, -0.1) is 0 Å². The number of nitrogens with one attached hydrogen (secondary N) is 2. The Morgan fingerprint density at radius 2 is 1.94 bits per heavy atom. The summed E-state index contributed by atoms with van der Waals surface area (Å²) in [6.07, 6.45) is 3.11. The fraction of sp³-hybridized carbons (Fsp3) is 0.276. The topological polar surface area (TPSA) is 83.6 Å². The van der Waals surface area contributed by atoms with E-state index in [4.69, 9.17) is 9.47 Å². The van der Waals surface area contributed by atoms with Gasteiger partial charge < -0.3 is 24.9 Å². The maximum atomic E-state index is 14.7. The molecule has 7 heteroatoms. The van der Waals surface area contributed by atoms with E-state index in [-0.39, 0.29) is 13.6 Å². The Balaban J connectivity index is 0.00000380. The molecule has 0 bridgehead atoms. The Morgan fingerprint density at radius 1 is 1.11 bits per heavy atom. The maximum Gasteiger partial charge on any atom is 0.255 e. The Kier molecular flexibility index (Phi) is 8.23. The molecule has 0 fully saturated rings. The van der Waals surface area contributed by atoms with Crippen molar-refractivity contribution in [3.8, 4) is 22.6 Å². The normalized spacial score (nSPS) is 11.9. The number of hydrogen-bond acceptors (Lipinski definition) is 4. The van der Waals surface area contributed by atoms with Crippen LogP contribution in [0.1, 0.15) is 37.6 Å². The largest absolute Gasteiger partial charge is 0.494 e. The van der Waals surface area contributed by atoms with Gasteiger partial charge in [-0.05, 0) is 67.3 Å². The number of amides is 1. The van der Waals surface area contributed by atoms with Crippen molar-refractivity contribution in [2.24, 2.45) is 0 Å². The van der Waals surface area contributed by atoms with Crippen molar-refractivity contribution in [2.45, 2.75) is 32.7 Å². The van der Waals surface area contributed by atoms with Crippen LogP contribution in [0.2, 0.25) is 0 Å². The zero-order valence-corrected chi connectivity index (χ0v) is 20.5. The highest BCUT2D eigenvalue weighted by Gasteiger charge is 2.20. The van der Waals surface area contributed by atoms with Crippen LogP contribution >= 0.6 is 0 Å². The SMILES string of the molecule is CCCOc1ccc(-c2cc(OCC)ccc2F)cc1C(=O)N[C@@H](CO)Cc1c[nH]c2ccccc12.[HH]. The van der Waals surface area contributed by atoms with Crippen molar-refractivity contribution in [2.75, 3.05) is 19.8 Å². The highest BCUT2D eigenvalue weighted by molar-refractivity contribution is 5.98. The van der Waals surface area contributed by atoms with Gasteiger partial charge in [0.25, 0.3) is 5.91 Å². The van der Waals surface area contributed by atoms with Crippen LogP contribution in [0.25, 0.3) is 22.0 Å². The van der Waals surface area contributed by atoms with Crippen LogP contribution in [0.5, 0.6) is 11.5 Å². The fourth-order valence-corrected chi connectivity index (χ4v) is 4.19. The molecule has 4 aromatic rings. The lowest BCUT2D eigenvalue weighted by Gasteiger charge is -2.18. The van der Waals surface area contributed by atoms with Crippen molar-refractivity contribution in [3.63, 3.8) is 0 Å². The second-order valence-corrected chi connectivity index (χ2v) is 8.55. The Labute approximate surface area is 211 Å². The molecule has 0 aliphatic rings. The number of ether oxygens (including phenoxy) is 2. The minimum absolute atomic E-state index is 0. The minimum atomic E-state index is -0.516. The quantitative estimate of drug-likeness (QED) is 0.249. The summed E-state index contributed by atoms with van der Waals surface area (Å²) in [4.78, 5) is 16.6. The van der Waals surface area contributed by atoms with Crippen molar-refractivity contribution >= 4 is 16.8 Å². The highest BCUT2D eigenvalue weighted by atomic mass is 19.1. The summed E-state index contributed by atoms with van der Waals surface area (Å²) in [7, 11) is 0. The number of rotatable bonds is 11. The smallest absolute Gasteiger partial charge is 0.255 e. The predicted molar refractivity (Wildman–Crippen MR) is 141 cm³/mol. The Hall–Kier alpha value is -3.84. The summed E-state index contributed by atoms with van der Waals surface area (Å²) in [6.45, 7) is 4.50. The highest BCUT2D eigenvalue weighted by Crippen LogP contribution is 2.31. The van der Waals surface area contributed by atoms with Gasteiger partial charge >= 0.3 is 0 Å². The molecule has 3 N–H and O–H groups in total. The number of aliphatic hydroxyl groups is 1. The van der Waals surface area contributed by atoms with Crippen LogP contribution in [0.15, 0.2) is 66.9 Å². The summed E-state index contributed by atoms with van der Waals surface area (Å²) in [6, 6.07) is 16.9. The van der Waals surface area contributed by atoms with E-state index in [9.17, 15) is 14.3 Å². The number of benzene rings is 3. The molecule has 0 saturated carbocycles. The number of aromatic nitrogens is 1. The number of hydrogen-bond donors (Lipinski definition) is 3. The lowest BCUT2D eigenvalue weighted by atomic mass is 10.0. The Bertz CT molecular complexity index is 1340. The Morgan fingerprint density at radius 3 is 2.72 bits per heavy atom. The summed E-state index contributed by atoms with van der Waals surface area (Å²) in [5.41, 5.74) is 3.13. The molecular formula is C29H33FN2O4. The van der Waals surface area contributed by atoms with E-state index in [2.05, 4.69) is 10.3 Å². The van der Waals surface area contributed by atoms with E-state index < -0.39 is 17.8 Å². The molecule has 0 aliphatic carbocycles. The number of carbonyl (C=O) groups excluding carboxylic acids is 1. The fourth-order valence-electron chi connectivity index (χ4n) is 4.19. The zero-order valence-electron chi connectivity index (χ0n) is 20.5. The van der Waals surface area contributed by atoms with Gasteiger partial charge in [-0.2, -0.15) is 0 Å². The molecule has 0 spiro atoms. The van der Waals surface area contributed by atoms with E-state index in [1.165, 1.54) is 6.07 Å². The second kappa shape index (κ2) is 11.7. The van der Waals surface area contributed by atoms with Crippen LogP contribution < -0.4 is 14.8 Å². The first kappa shape index (κ1) is 25.3. The molecule has 190 valence electrons. The molecule has 6 nitrogen and oxygen atoms in total. The summed E-state index contributed by atoms with van der Waals surface area (Å²) < 4.78 is 26.1. The molecule has 1 heterocycles. The van der Waals surface area contributed by atoms with Crippen LogP contribution in [-0.4, -0.2) is 41.9 Å². The number of H-pyrrole nitrogens is 1. The number of carbonyl (C=O) groups is 1. The standard InChI is InChI=1S/C29H31FN2O4.H2/c1-3-13-36-28-12-9-19(24-16-22(35-4-2)10-11-26(24)30)15-25(28)29(34)32-21(18-33)14-20-17-31-27-8-6-5-7-23(20)27;/h5-12,15-17,21,31,33H,3-4,13-14,18H2,1-2H3,(H,32,34);1H/t21-;/m1./s1. The number of aliphatic hydroxyl groups excluding tert-OH is 1. The van der Waals surface area contributed by atoms with Gasteiger partial charge in [0.05, 0.1) is 31.4 Å². The second-order valence-electron chi connectivity index (χ2n) is 8.55. The van der Waals surface area contributed by atoms with E-state index in [1.54, 1.807) is 30.3 Å². The molecule has 1 aromatic heterocycles. The first-order chi connectivity index (χ1) is 17.5. The average Bonchev–Trinajstić information content (AvgIpc) is 3.31. The lowest BCUT2D eigenvalue weighted by molar-refractivity contribution is 0.0912. The van der Waals surface area contributed by atoms with Gasteiger partial charge in [-0.3, -0.25) is 4.79 Å². The van der Waals surface area contributed by atoms with Gasteiger partial charge in [0, 0.05) is 24.1 Å². The third-order valence-corrected chi connectivity index (χ3v) is 5.94. The van der Waals surface area contributed by atoms with E-state index in [1.807, 2.05) is 44.3 Å². The van der Waals surface area contributed by atoms with Gasteiger partial charge in [-0.25, -0.2) is 4.39 Å². The van der Waals surface area contributed by atoms with E-state index >= 15 is 0 Å². The van der Waals surface area contributed by atoms with Gasteiger partial charge in [0.1, 0.15) is 17.3 Å². The van der Waals surface area contributed by atoms with Crippen molar-refractivity contribution < 1.29 is 25.2 Å². The number of fused-ring (bicyclic) bond motifs is 1. The first-order valence-corrected chi connectivity index (χ1v) is 12.2. The third-order valence-electron chi connectivity index (χ3n) is 5.94. The predicted octanol–water partition coefficient (Wildman–Crippen LogP) is 5.74. The molecule has 0 saturated heterocycles.